The molecule has 0 heterocycles. The number of nitrogens with one attached hydrogen (secondary N) is 1. The van der Waals surface area contributed by atoms with Crippen LogP contribution in [0.5, 0.6) is 5.75 Å². The minimum absolute atomic E-state index is 0.202. The molecular weight excluding hydrogens is 258 g/mol. The second-order valence-corrected chi connectivity index (χ2v) is 3.78. The molecule has 0 saturated heterocycles. The maximum atomic E-state index is 11.4. The number of rotatable bonds is 3. The zero-order valence-corrected chi connectivity index (χ0v) is 10.2. The number of nitriles is 1. The highest BCUT2D eigenvalue weighted by Gasteiger charge is 2.17. The third kappa shape index (κ3) is 3.64. The predicted octanol–water partition coefficient (Wildman–Crippen LogP) is 1.17. The highest BCUT2D eigenvalue weighted by atomic mass is 35.5. The van der Waals surface area contributed by atoms with Crippen LogP contribution in [0, 0.1) is 11.3 Å². The normalized spacial score (nSPS) is 11.2. The number of ether oxygens (including phenoxy) is 1. The average molecular weight is 268 g/mol. The molecule has 0 fully saturated rings. The van der Waals surface area contributed by atoms with E-state index in [0.717, 1.165) is 0 Å². The molecule has 1 aromatic rings. The van der Waals surface area contributed by atoms with Gasteiger partial charge in [-0.15, -0.1) is 0 Å². The van der Waals surface area contributed by atoms with Gasteiger partial charge in [-0.3, -0.25) is 10.1 Å². The van der Waals surface area contributed by atoms with Gasteiger partial charge < -0.3 is 10.5 Å². The van der Waals surface area contributed by atoms with Gasteiger partial charge in [0.25, 0.3) is 5.91 Å². The third-order valence-electron chi connectivity index (χ3n) is 1.98. The van der Waals surface area contributed by atoms with E-state index in [1.54, 1.807) is 0 Å². The van der Waals surface area contributed by atoms with Crippen molar-refractivity contribution in [3.8, 4) is 11.8 Å². The second kappa shape index (κ2) is 5.89. The van der Waals surface area contributed by atoms with Crippen LogP contribution >= 0.6 is 11.6 Å². The number of hydrogen-bond acceptors (Lipinski definition) is 4. The van der Waals surface area contributed by atoms with Gasteiger partial charge in [0.1, 0.15) is 5.75 Å². The number of primary amides is 1. The Hall–Kier alpha value is -2.26. The van der Waals surface area contributed by atoms with Gasteiger partial charge in [-0.2, -0.15) is 5.26 Å². The van der Waals surface area contributed by atoms with Crippen molar-refractivity contribution in [1.29, 1.82) is 5.26 Å². The van der Waals surface area contributed by atoms with Crippen LogP contribution in [0.25, 0.3) is 0 Å². The molecule has 94 valence electrons. The molecule has 0 aliphatic heterocycles. The van der Waals surface area contributed by atoms with Crippen LogP contribution in [-0.4, -0.2) is 18.0 Å². The molecule has 0 aromatic heterocycles. The molecule has 0 spiro atoms. The molecule has 1 atom stereocenters. The smallest absolute Gasteiger partial charge is 0.318 e. The monoisotopic (exact) mass is 267 g/mol. The van der Waals surface area contributed by atoms with E-state index in [1.807, 2.05) is 11.4 Å². The summed E-state index contributed by atoms with van der Waals surface area (Å²) in [5.41, 5.74) is 5.18. The minimum atomic E-state index is -0.957. The maximum absolute atomic E-state index is 11.4. The summed E-state index contributed by atoms with van der Waals surface area (Å²) in [7, 11) is 0. The Balaban J connectivity index is 2.76. The first-order valence-electron chi connectivity index (χ1n) is 4.90. The number of hydrogen-bond donors (Lipinski definition) is 2. The first-order chi connectivity index (χ1) is 8.43. The molecule has 18 heavy (non-hydrogen) atoms. The average Bonchev–Trinajstić information content (AvgIpc) is 2.30. The quantitative estimate of drug-likeness (QED) is 0.857. The van der Waals surface area contributed by atoms with E-state index >= 15 is 0 Å². The first kappa shape index (κ1) is 13.8. The predicted molar refractivity (Wildman–Crippen MR) is 64.0 cm³/mol. The molecule has 1 rings (SSSR count). The van der Waals surface area contributed by atoms with E-state index in [1.165, 1.54) is 25.1 Å². The van der Waals surface area contributed by atoms with E-state index in [0.29, 0.717) is 5.56 Å². The molecule has 0 aliphatic carbocycles. The number of nitrogens with two attached hydrogens (primary N) is 1. The number of carbonyl (C=O) groups excluding carboxylic acids is 2. The van der Waals surface area contributed by atoms with Crippen LogP contribution in [0.3, 0.4) is 0 Å². The van der Waals surface area contributed by atoms with Gasteiger partial charge in [-0.1, -0.05) is 11.6 Å². The molecule has 3 amide bonds. The first-order valence-corrected chi connectivity index (χ1v) is 5.28. The number of imide groups is 1. The summed E-state index contributed by atoms with van der Waals surface area (Å²) < 4.78 is 5.25. The summed E-state index contributed by atoms with van der Waals surface area (Å²) >= 11 is 5.86. The third-order valence-corrected chi connectivity index (χ3v) is 2.28. The van der Waals surface area contributed by atoms with Gasteiger partial charge in [0.15, 0.2) is 6.10 Å². The largest absolute Gasteiger partial charge is 0.479 e. The molecule has 0 bridgehead atoms. The van der Waals surface area contributed by atoms with Crippen molar-refractivity contribution in [2.75, 3.05) is 0 Å². The SMILES string of the molecule is C[C@H](Oc1ccc(C#N)cc1Cl)C(=O)NC(N)=O. The zero-order chi connectivity index (χ0) is 13.7. The lowest BCUT2D eigenvalue weighted by atomic mass is 10.2. The lowest BCUT2D eigenvalue weighted by molar-refractivity contribution is -0.126. The lowest BCUT2D eigenvalue weighted by Gasteiger charge is -2.14. The summed E-state index contributed by atoms with van der Waals surface area (Å²) in [4.78, 5) is 21.8. The molecule has 7 heteroatoms. The Morgan fingerprint density at radius 2 is 2.22 bits per heavy atom. The van der Waals surface area contributed by atoms with Crippen molar-refractivity contribution in [3.63, 3.8) is 0 Å². The van der Waals surface area contributed by atoms with E-state index in [2.05, 4.69) is 0 Å². The van der Waals surface area contributed by atoms with Crippen LogP contribution in [0.4, 0.5) is 4.79 Å². The van der Waals surface area contributed by atoms with Gasteiger partial charge in [-0.05, 0) is 25.1 Å². The van der Waals surface area contributed by atoms with Gasteiger partial charge in [0.2, 0.25) is 0 Å². The van der Waals surface area contributed by atoms with E-state index in [4.69, 9.17) is 27.3 Å². The number of urea groups is 1. The Morgan fingerprint density at radius 3 is 2.72 bits per heavy atom. The number of carbonyl (C=O) groups is 2. The van der Waals surface area contributed by atoms with Gasteiger partial charge in [0, 0.05) is 0 Å². The summed E-state index contributed by atoms with van der Waals surface area (Å²) in [6.45, 7) is 1.44. The Bertz CT molecular complexity index is 525. The van der Waals surface area contributed by atoms with Crippen molar-refractivity contribution in [2.24, 2.45) is 5.73 Å². The highest BCUT2D eigenvalue weighted by molar-refractivity contribution is 6.32. The molecule has 3 N–H and O–H groups in total. The second-order valence-electron chi connectivity index (χ2n) is 3.37. The van der Waals surface area contributed by atoms with Crippen molar-refractivity contribution in [3.05, 3.63) is 28.8 Å². The fourth-order valence-electron chi connectivity index (χ4n) is 1.13. The minimum Gasteiger partial charge on any atom is -0.479 e. The molecular formula is C11H10ClN3O3. The highest BCUT2D eigenvalue weighted by Crippen LogP contribution is 2.26. The summed E-state index contributed by atoms with van der Waals surface area (Å²) in [6.07, 6.45) is -0.942. The number of nitrogens with zero attached hydrogens (tertiary/aromatic N) is 1. The zero-order valence-electron chi connectivity index (χ0n) is 9.44. The molecule has 6 nitrogen and oxygen atoms in total. The van der Waals surface area contributed by atoms with Gasteiger partial charge >= 0.3 is 6.03 Å². The van der Waals surface area contributed by atoms with E-state index in [9.17, 15) is 9.59 Å². The Kier molecular flexibility index (Phi) is 4.52. The van der Waals surface area contributed by atoms with Crippen LogP contribution in [-0.2, 0) is 4.79 Å². The van der Waals surface area contributed by atoms with Crippen LogP contribution in [0.15, 0.2) is 18.2 Å². The standard InChI is InChI=1S/C11H10ClN3O3/c1-6(10(16)15-11(14)17)18-9-3-2-7(5-13)4-8(9)12/h2-4,6H,1H3,(H3,14,15,16,17)/t6-/m0/s1. The fraction of sp³-hybridized carbons (Fsp3) is 0.182. The Labute approximate surface area is 108 Å². The van der Waals surface area contributed by atoms with Crippen molar-refractivity contribution in [1.82, 2.24) is 5.32 Å². The molecule has 0 saturated carbocycles. The summed E-state index contributed by atoms with van der Waals surface area (Å²) in [5, 5.41) is 10.7. The molecule has 0 unspecified atom stereocenters. The van der Waals surface area contributed by atoms with E-state index < -0.39 is 18.0 Å². The van der Waals surface area contributed by atoms with E-state index in [-0.39, 0.29) is 10.8 Å². The number of benzene rings is 1. The van der Waals surface area contributed by atoms with Crippen molar-refractivity contribution >= 4 is 23.5 Å². The van der Waals surface area contributed by atoms with Gasteiger partial charge in [0.05, 0.1) is 16.7 Å². The van der Waals surface area contributed by atoms with Crippen molar-refractivity contribution in [2.45, 2.75) is 13.0 Å². The fourth-order valence-corrected chi connectivity index (χ4v) is 1.36. The number of amides is 3. The van der Waals surface area contributed by atoms with Gasteiger partial charge in [-0.25, -0.2) is 4.79 Å². The Morgan fingerprint density at radius 1 is 1.56 bits per heavy atom. The number of halogens is 1. The molecule has 1 aromatic carbocycles. The van der Waals surface area contributed by atoms with Crippen LogP contribution < -0.4 is 15.8 Å². The molecule has 0 aliphatic rings. The summed E-state index contributed by atoms with van der Waals surface area (Å²) in [6, 6.07) is 5.34. The topological polar surface area (TPSA) is 105 Å². The maximum Gasteiger partial charge on any atom is 0.318 e. The summed E-state index contributed by atoms with van der Waals surface area (Å²) in [5.74, 6) is -0.439. The lowest BCUT2D eigenvalue weighted by Crippen LogP contribution is -2.42. The van der Waals surface area contributed by atoms with Crippen molar-refractivity contribution < 1.29 is 14.3 Å². The van der Waals surface area contributed by atoms with Crippen LogP contribution in [0.1, 0.15) is 12.5 Å². The van der Waals surface area contributed by atoms with Crippen LogP contribution in [0.2, 0.25) is 5.02 Å². The molecule has 0 radical (unpaired) electrons.